The van der Waals surface area contributed by atoms with E-state index in [1.54, 1.807) is 6.20 Å². The molecule has 4 heteroatoms. The summed E-state index contributed by atoms with van der Waals surface area (Å²) in [5.74, 6) is 0.934. The molecular weight excluding hydrogens is 300 g/mol. The lowest BCUT2D eigenvalue weighted by atomic mass is 10.1. The smallest absolute Gasteiger partial charge is 0.124 e. The van der Waals surface area contributed by atoms with E-state index < -0.39 is 0 Å². The van der Waals surface area contributed by atoms with E-state index in [-0.39, 0.29) is 6.10 Å². The van der Waals surface area contributed by atoms with Gasteiger partial charge in [0.15, 0.2) is 0 Å². The number of aliphatic hydroxyl groups excluding tert-OH is 1. The molecule has 1 aromatic carbocycles. The van der Waals surface area contributed by atoms with Crippen LogP contribution in [0.25, 0.3) is 0 Å². The molecule has 0 amide bonds. The number of rotatable bonds is 7. The van der Waals surface area contributed by atoms with Crippen molar-refractivity contribution in [1.82, 2.24) is 9.88 Å². The molecule has 128 valence electrons. The first kappa shape index (κ1) is 16.9. The third-order valence-electron chi connectivity index (χ3n) is 4.58. The molecular formula is C20H26N2O2. The molecule has 1 aliphatic rings. The summed E-state index contributed by atoms with van der Waals surface area (Å²) >= 11 is 0. The lowest BCUT2D eigenvalue weighted by Gasteiger charge is -2.26. The maximum atomic E-state index is 9.70. The molecule has 2 unspecified atom stereocenters. The second-order valence-corrected chi connectivity index (χ2v) is 6.61. The molecule has 1 saturated heterocycles. The van der Waals surface area contributed by atoms with Crippen molar-refractivity contribution in [3.8, 4) is 5.75 Å². The van der Waals surface area contributed by atoms with E-state index in [1.807, 2.05) is 37.4 Å². The Hall–Kier alpha value is -1.91. The lowest BCUT2D eigenvalue weighted by molar-refractivity contribution is 0.130. The normalized spacial score (nSPS) is 19.3. The molecule has 2 heterocycles. The van der Waals surface area contributed by atoms with E-state index in [0.717, 1.165) is 30.8 Å². The van der Waals surface area contributed by atoms with Crippen molar-refractivity contribution in [2.45, 2.75) is 51.5 Å². The summed E-state index contributed by atoms with van der Waals surface area (Å²) in [6.45, 7) is 4.37. The molecule has 1 aromatic heterocycles. The summed E-state index contributed by atoms with van der Waals surface area (Å²) in [6, 6.07) is 12.7. The number of nitrogens with zero attached hydrogens (tertiary/aromatic N) is 2. The van der Waals surface area contributed by atoms with Crippen molar-refractivity contribution >= 4 is 0 Å². The van der Waals surface area contributed by atoms with Gasteiger partial charge in [-0.3, -0.25) is 9.88 Å². The fourth-order valence-corrected chi connectivity index (χ4v) is 3.40. The van der Waals surface area contributed by atoms with Gasteiger partial charge in [0.25, 0.3) is 0 Å². The quantitative estimate of drug-likeness (QED) is 0.847. The maximum absolute atomic E-state index is 9.70. The van der Waals surface area contributed by atoms with E-state index >= 15 is 0 Å². The van der Waals surface area contributed by atoms with Crippen molar-refractivity contribution in [3.05, 3.63) is 59.9 Å². The number of benzene rings is 1. The van der Waals surface area contributed by atoms with Gasteiger partial charge in [-0.15, -0.1) is 0 Å². The van der Waals surface area contributed by atoms with Crippen molar-refractivity contribution in [1.29, 1.82) is 0 Å². The highest BCUT2D eigenvalue weighted by atomic mass is 16.5. The molecule has 0 aliphatic carbocycles. The Morgan fingerprint density at radius 3 is 2.96 bits per heavy atom. The van der Waals surface area contributed by atoms with Gasteiger partial charge in [0.2, 0.25) is 0 Å². The van der Waals surface area contributed by atoms with Crippen LogP contribution in [-0.2, 0) is 13.2 Å². The zero-order chi connectivity index (χ0) is 16.8. The van der Waals surface area contributed by atoms with Gasteiger partial charge in [0, 0.05) is 36.1 Å². The van der Waals surface area contributed by atoms with Gasteiger partial charge >= 0.3 is 0 Å². The standard InChI is InChI=1S/C20H26N2O2/c1-16(23)12-19-8-5-11-22(19)14-18-7-2-3-9-20(18)24-15-17-6-4-10-21-13-17/h2-4,6-7,9-10,13,16,19,23H,5,8,11-12,14-15H2,1H3. The summed E-state index contributed by atoms with van der Waals surface area (Å²) < 4.78 is 6.03. The van der Waals surface area contributed by atoms with Crippen LogP contribution < -0.4 is 4.74 Å². The molecule has 1 N–H and O–H groups in total. The second kappa shape index (κ2) is 8.27. The fraction of sp³-hybridized carbons (Fsp3) is 0.450. The number of likely N-dealkylation sites (tertiary alicyclic amines) is 1. The first-order chi connectivity index (χ1) is 11.7. The van der Waals surface area contributed by atoms with Gasteiger partial charge in [-0.25, -0.2) is 0 Å². The van der Waals surface area contributed by atoms with Gasteiger partial charge in [0.05, 0.1) is 6.10 Å². The summed E-state index contributed by atoms with van der Waals surface area (Å²) in [5.41, 5.74) is 2.28. The highest BCUT2D eigenvalue weighted by Gasteiger charge is 2.26. The van der Waals surface area contributed by atoms with Crippen LogP contribution in [-0.4, -0.2) is 33.7 Å². The van der Waals surface area contributed by atoms with Gasteiger partial charge in [-0.05, 0) is 44.9 Å². The third kappa shape index (κ3) is 4.56. The highest BCUT2D eigenvalue weighted by molar-refractivity contribution is 5.33. The Labute approximate surface area is 144 Å². The molecule has 0 saturated carbocycles. The number of pyridine rings is 1. The molecule has 1 aliphatic heterocycles. The topological polar surface area (TPSA) is 45.6 Å². The van der Waals surface area contributed by atoms with Crippen molar-refractivity contribution in [2.24, 2.45) is 0 Å². The van der Waals surface area contributed by atoms with Crippen LogP contribution in [0.5, 0.6) is 5.75 Å². The molecule has 2 atom stereocenters. The van der Waals surface area contributed by atoms with Gasteiger partial charge in [-0.1, -0.05) is 24.3 Å². The van der Waals surface area contributed by atoms with Crippen LogP contribution in [0.4, 0.5) is 0 Å². The van der Waals surface area contributed by atoms with Gasteiger partial charge in [0.1, 0.15) is 12.4 Å². The first-order valence-corrected chi connectivity index (χ1v) is 8.74. The molecule has 3 rings (SSSR count). The molecule has 24 heavy (non-hydrogen) atoms. The maximum Gasteiger partial charge on any atom is 0.124 e. The van der Waals surface area contributed by atoms with Crippen molar-refractivity contribution in [3.63, 3.8) is 0 Å². The van der Waals surface area contributed by atoms with Gasteiger partial charge < -0.3 is 9.84 Å². The first-order valence-electron chi connectivity index (χ1n) is 8.74. The van der Waals surface area contributed by atoms with Gasteiger partial charge in [-0.2, -0.15) is 0 Å². The Balaban J connectivity index is 1.65. The highest BCUT2D eigenvalue weighted by Crippen LogP contribution is 2.27. The van der Waals surface area contributed by atoms with E-state index in [0.29, 0.717) is 12.6 Å². The lowest BCUT2D eigenvalue weighted by Crippen LogP contribution is -2.31. The van der Waals surface area contributed by atoms with Crippen LogP contribution in [0.3, 0.4) is 0 Å². The molecule has 4 nitrogen and oxygen atoms in total. The number of aromatic nitrogens is 1. The number of hydrogen-bond acceptors (Lipinski definition) is 4. The predicted molar refractivity (Wildman–Crippen MR) is 94.7 cm³/mol. The number of hydrogen-bond donors (Lipinski definition) is 1. The van der Waals surface area contributed by atoms with E-state index in [4.69, 9.17) is 4.74 Å². The average Bonchev–Trinajstić information content (AvgIpc) is 3.01. The van der Waals surface area contributed by atoms with E-state index in [2.05, 4.69) is 22.0 Å². The van der Waals surface area contributed by atoms with Crippen molar-refractivity contribution < 1.29 is 9.84 Å². The number of para-hydroxylation sites is 1. The predicted octanol–water partition coefficient (Wildman–Crippen LogP) is 3.40. The summed E-state index contributed by atoms with van der Waals surface area (Å²) in [6.07, 6.45) is 6.58. The zero-order valence-corrected chi connectivity index (χ0v) is 14.3. The van der Waals surface area contributed by atoms with Crippen LogP contribution in [0, 0.1) is 0 Å². The number of aliphatic hydroxyl groups is 1. The Morgan fingerprint density at radius 1 is 1.29 bits per heavy atom. The van der Waals surface area contributed by atoms with Crippen LogP contribution in [0.15, 0.2) is 48.8 Å². The fourth-order valence-electron chi connectivity index (χ4n) is 3.40. The third-order valence-corrected chi connectivity index (χ3v) is 4.58. The number of ether oxygens (including phenoxy) is 1. The monoisotopic (exact) mass is 326 g/mol. The molecule has 2 aromatic rings. The molecule has 0 bridgehead atoms. The Bertz CT molecular complexity index is 631. The Morgan fingerprint density at radius 2 is 2.17 bits per heavy atom. The van der Waals surface area contributed by atoms with Crippen LogP contribution >= 0.6 is 0 Å². The zero-order valence-electron chi connectivity index (χ0n) is 14.3. The minimum atomic E-state index is -0.243. The summed E-state index contributed by atoms with van der Waals surface area (Å²) in [5, 5.41) is 9.70. The Kier molecular flexibility index (Phi) is 5.83. The summed E-state index contributed by atoms with van der Waals surface area (Å²) in [4.78, 5) is 6.60. The minimum absolute atomic E-state index is 0.243. The molecule has 1 fully saturated rings. The average molecular weight is 326 g/mol. The SMILES string of the molecule is CC(O)CC1CCCN1Cc1ccccc1OCc1cccnc1. The molecule has 0 radical (unpaired) electrons. The minimum Gasteiger partial charge on any atom is -0.489 e. The second-order valence-electron chi connectivity index (χ2n) is 6.61. The van der Waals surface area contributed by atoms with Crippen molar-refractivity contribution in [2.75, 3.05) is 6.54 Å². The van der Waals surface area contributed by atoms with E-state index in [9.17, 15) is 5.11 Å². The molecule has 0 spiro atoms. The largest absolute Gasteiger partial charge is 0.489 e. The van der Waals surface area contributed by atoms with Crippen LogP contribution in [0.1, 0.15) is 37.3 Å². The van der Waals surface area contributed by atoms with Crippen LogP contribution in [0.2, 0.25) is 0 Å². The summed E-state index contributed by atoms with van der Waals surface area (Å²) in [7, 11) is 0. The van der Waals surface area contributed by atoms with E-state index in [1.165, 1.54) is 18.4 Å².